The Morgan fingerprint density at radius 3 is 3.19 bits per heavy atom. The van der Waals surface area contributed by atoms with Crippen molar-refractivity contribution in [3.8, 4) is 0 Å². The van der Waals surface area contributed by atoms with Crippen LogP contribution in [0.4, 0.5) is 0 Å². The molecule has 1 N–H and O–H groups in total. The van der Waals surface area contributed by atoms with Crippen LogP contribution >= 0.6 is 34.8 Å². The fraction of sp³-hybridized carbons (Fsp3) is 0.333. The van der Waals surface area contributed by atoms with Gasteiger partial charge in [0, 0.05) is 30.1 Å². The fourth-order valence-electron chi connectivity index (χ4n) is 2.22. The Labute approximate surface area is 114 Å². The lowest BCUT2D eigenvalue weighted by molar-refractivity contribution is 0.670. The van der Waals surface area contributed by atoms with E-state index in [0.29, 0.717) is 0 Å². The van der Waals surface area contributed by atoms with Gasteiger partial charge >= 0.3 is 0 Å². The normalized spacial score (nSPS) is 19.5. The molecule has 0 spiro atoms. The Balaban J connectivity index is 2.17. The van der Waals surface area contributed by atoms with Crippen LogP contribution in [0.1, 0.15) is 17.5 Å². The predicted molar refractivity (Wildman–Crippen MR) is 77.3 cm³/mol. The van der Waals surface area contributed by atoms with Crippen LogP contribution in [0.5, 0.6) is 0 Å². The van der Waals surface area contributed by atoms with Gasteiger partial charge in [0.05, 0.1) is 22.9 Å². The second-order valence-corrected chi connectivity index (χ2v) is 6.79. The van der Waals surface area contributed by atoms with E-state index in [2.05, 4.69) is 55.8 Å². The molecular formula is C12H13IN2S. The van der Waals surface area contributed by atoms with Gasteiger partial charge in [0.2, 0.25) is 0 Å². The van der Waals surface area contributed by atoms with Gasteiger partial charge in [0.15, 0.2) is 0 Å². The highest BCUT2D eigenvalue weighted by molar-refractivity contribution is 14.1. The van der Waals surface area contributed by atoms with E-state index in [4.69, 9.17) is 0 Å². The third-order valence-electron chi connectivity index (χ3n) is 3.04. The molecule has 3 rings (SSSR count). The molecule has 16 heavy (non-hydrogen) atoms. The topological polar surface area (TPSA) is 15.3 Å². The number of nitrogens with one attached hydrogen (secondary N) is 1. The van der Waals surface area contributed by atoms with E-state index in [0.717, 1.165) is 19.5 Å². The lowest BCUT2D eigenvalue weighted by atomic mass is 9.98. The SMILES string of the molecule is Cc1ccc2c(c1)C1=C(CCNC1)N(I)S2. The number of fused-ring (bicyclic) bond motifs is 2. The molecule has 84 valence electrons. The number of rotatable bonds is 0. The van der Waals surface area contributed by atoms with Gasteiger partial charge in [-0.15, -0.1) is 0 Å². The molecule has 2 aliphatic heterocycles. The third-order valence-corrected chi connectivity index (χ3v) is 5.15. The summed E-state index contributed by atoms with van der Waals surface area (Å²) in [6, 6.07) is 6.74. The average Bonchev–Trinajstić information content (AvgIpc) is 2.31. The second kappa shape index (κ2) is 4.23. The van der Waals surface area contributed by atoms with Crippen LogP contribution in [0.15, 0.2) is 28.8 Å². The van der Waals surface area contributed by atoms with Crippen molar-refractivity contribution in [3.05, 3.63) is 35.0 Å². The minimum absolute atomic E-state index is 1.01. The van der Waals surface area contributed by atoms with Crippen molar-refractivity contribution >= 4 is 40.4 Å². The van der Waals surface area contributed by atoms with Crippen molar-refractivity contribution in [1.29, 1.82) is 0 Å². The number of nitrogens with zero attached hydrogens (tertiary/aromatic N) is 1. The van der Waals surface area contributed by atoms with E-state index < -0.39 is 0 Å². The molecule has 0 radical (unpaired) electrons. The summed E-state index contributed by atoms with van der Waals surface area (Å²) in [5, 5.41) is 3.47. The van der Waals surface area contributed by atoms with E-state index in [1.165, 1.54) is 27.3 Å². The van der Waals surface area contributed by atoms with E-state index >= 15 is 0 Å². The maximum Gasteiger partial charge on any atom is 0.0713 e. The molecule has 0 saturated carbocycles. The smallest absolute Gasteiger partial charge is 0.0713 e. The number of hydrogen-bond acceptors (Lipinski definition) is 3. The van der Waals surface area contributed by atoms with Crippen molar-refractivity contribution in [3.63, 3.8) is 0 Å². The average molecular weight is 344 g/mol. The first kappa shape index (κ1) is 10.9. The van der Waals surface area contributed by atoms with E-state index in [-0.39, 0.29) is 0 Å². The van der Waals surface area contributed by atoms with Gasteiger partial charge in [0.25, 0.3) is 0 Å². The Morgan fingerprint density at radius 1 is 1.44 bits per heavy atom. The van der Waals surface area contributed by atoms with E-state index in [1.807, 2.05) is 11.9 Å². The molecule has 1 aromatic rings. The summed E-state index contributed by atoms with van der Waals surface area (Å²) >= 11 is 4.25. The quantitative estimate of drug-likeness (QED) is 0.441. The summed E-state index contributed by atoms with van der Waals surface area (Å²) in [4.78, 5) is 1.38. The number of benzene rings is 1. The van der Waals surface area contributed by atoms with Crippen molar-refractivity contribution in [2.45, 2.75) is 18.2 Å². The molecular weight excluding hydrogens is 331 g/mol. The van der Waals surface area contributed by atoms with Crippen LogP contribution in [-0.2, 0) is 0 Å². The highest BCUT2D eigenvalue weighted by atomic mass is 127. The summed E-state index contributed by atoms with van der Waals surface area (Å²) in [6.45, 7) is 4.27. The van der Waals surface area contributed by atoms with Gasteiger partial charge in [-0.05, 0) is 36.1 Å². The Morgan fingerprint density at radius 2 is 2.31 bits per heavy atom. The largest absolute Gasteiger partial charge is 0.312 e. The Hall–Kier alpha value is -0.200. The zero-order valence-electron chi connectivity index (χ0n) is 9.09. The predicted octanol–water partition coefficient (Wildman–Crippen LogP) is 3.37. The van der Waals surface area contributed by atoms with Crippen LogP contribution in [0, 0.1) is 6.92 Å². The minimum Gasteiger partial charge on any atom is -0.312 e. The van der Waals surface area contributed by atoms with Gasteiger partial charge in [-0.25, -0.2) is 0 Å². The van der Waals surface area contributed by atoms with Gasteiger partial charge in [0.1, 0.15) is 0 Å². The van der Waals surface area contributed by atoms with E-state index in [1.54, 1.807) is 0 Å². The summed E-state index contributed by atoms with van der Waals surface area (Å²) in [5.41, 5.74) is 5.75. The summed E-state index contributed by atoms with van der Waals surface area (Å²) in [5.74, 6) is 0. The molecule has 0 aromatic heterocycles. The van der Waals surface area contributed by atoms with Crippen LogP contribution < -0.4 is 5.32 Å². The summed E-state index contributed by atoms with van der Waals surface area (Å²) < 4.78 is 2.30. The lowest BCUT2D eigenvalue weighted by Crippen LogP contribution is -2.29. The molecule has 2 aliphatic rings. The molecule has 4 heteroatoms. The molecule has 0 bridgehead atoms. The monoisotopic (exact) mass is 344 g/mol. The third kappa shape index (κ3) is 1.76. The molecule has 0 aliphatic carbocycles. The van der Waals surface area contributed by atoms with E-state index in [9.17, 15) is 0 Å². The van der Waals surface area contributed by atoms with Crippen molar-refractivity contribution < 1.29 is 0 Å². The van der Waals surface area contributed by atoms with Gasteiger partial charge in [-0.2, -0.15) is 0 Å². The first-order valence-electron chi connectivity index (χ1n) is 5.43. The van der Waals surface area contributed by atoms with Crippen LogP contribution in [0.2, 0.25) is 0 Å². The second-order valence-electron chi connectivity index (χ2n) is 4.19. The van der Waals surface area contributed by atoms with Crippen molar-refractivity contribution in [2.24, 2.45) is 0 Å². The molecule has 0 saturated heterocycles. The Bertz CT molecular complexity index is 470. The highest BCUT2D eigenvalue weighted by Crippen LogP contribution is 2.44. The molecule has 2 nitrogen and oxygen atoms in total. The van der Waals surface area contributed by atoms with Crippen LogP contribution in [0.25, 0.3) is 5.57 Å². The summed E-state index contributed by atoms with van der Waals surface area (Å²) in [6.07, 6.45) is 1.14. The first-order valence-corrected chi connectivity index (χ1v) is 7.17. The molecule has 0 fully saturated rings. The molecule has 0 unspecified atom stereocenters. The molecule has 0 amide bonds. The molecule has 2 heterocycles. The van der Waals surface area contributed by atoms with Crippen molar-refractivity contribution in [2.75, 3.05) is 13.1 Å². The van der Waals surface area contributed by atoms with Crippen molar-refractivity contribution in [1.82, 2.24) is 7.84 Å². The standard InChI is InChI=1S/C12H13IN2S/c1-8-2-3-12-9(6-8)10-7-14-5-4-11(10)15(13)16-12/h2-3,6,14H,4-5,7H2,1H3. The summed E-state index contributed by atoms with van der Waals surface area (Å²) in [7, 11) is 0. The number of halogens is 1. The zero-order valence-corrected chi connectivity index (χ0v) is 12.1. The molecule has 0 atom stereocenters. The van der Waals surface area contributed by atoms with Gasteiger partial charge in [-0.1, -0.05) is 17.7 Å². The van der Waals surface area contributed by atoms with Crippen LogP contribution in [-0.4, -0.2) is 15.6 Å². The van der Waals surface area contributed by atoms with Gasteiger partial charge < -0.3 is 5.32 Å². The highest BCUT2D eigenvalue weighted by Gasteiger charge is 2.26. The Kier molecular flexibility index (Phi) is 2.89. The minimum atomic E-state index is 1.01. The van der Waals surface area contributed by atoms with Gasteiger partial charge in [-0.3, -0.25) is 2.52 Å². The zero-order chi connectivity index (χ0) is 11.1. The van der Waals surface area contributed by atoms with Crippen LogP contribution in [0.3, 0.4) is 0 Å². The maximum absolute atomic E-state index is 3.47. The first-order chi connectivity index (χ1) is 7.75. The number of hydrogen-bond donors (Lipinski definition) is 1. The number of aryl methyl sites for hydroxylation is 1. The molecule has 1 aromatic carbocycles. The lowest BCUT2D eigenvalue weighted by Gasteiger charge is -2.32. The maximum atomic E-state index is 3.47. The fourth-order valence-corrected chi connectivity index (χ4v) is 4.28.